The van der Waals surface area contributed by atoms with Gasteiger partial charge < -0.3 is 10.2 Å². The van der Waals surface area contributed by atoms with E-state index in [1.165, 1.54) is 5.56 Å². The maximum absolute atomic E-state index is 5.72. The molecule has 2 aromatic rings. The normalized spacial score (nSPS) is 13.1. The zero-order valence-corrected chi connectivity index (χ0v) is 10.6. The smallest absolute Gasteiger partial charge is 0.195 e. The van der Waals surface area contributed by atoms with Crippen LogP contribution in [0.15, 0.2) is 22.6 Å². The summed E-state index contributed by atoms with van der Waals surface area (Å²) in [6.45, 7) is 4.17. The lowest BCUT2D eigenvalue weighted by molar-refractivity contribution is 0.503. The number of benzene rings is 1. The first kappa shape index (κ1) is 12.1. The van der Waals surface area contributed by atoms with Gasteiger partial charge in [-0.2, -0.15) is 0 Å². The Morgan fingerprint density at radius 3 is 2.94 bits per heavy atom. The summed E-state index contributed by atoms with van der Waals surface area (Å²) in [5.74, 6) is 0.828. The van der Waals surface area contributed by atoms with E-state index in [-0.39, 0.29) is 6.04 Å². The number of aryl methyl sites for hydroxylation is 2. The van der Waals surface area contributed by atoms with Gasteiger partial charge in [-0.15, -0.1) is 0 Å². The fourth-order valence-electron chi connectivity index (χ4n) is 1.92. The molecule has 1 aromatic carbocycles. The highest BCUT2D eigenvalue weighted by molar-refractivity contribution is 5.73. The highest BCUT2D eigenvalue weighted by Crippen LogP contribution is 2.18. The Kier molecular flexibility index (Phi) is 3.79. The van der Waals surface area contributed by atoms with Gasteiger partial charge in [0.15, 0.2) is 11.5 Å². The van der Waals surface area contributed by atoms with Crippen LogP contribution in [0.2, 0.25) is 0 Å². The summed E-state index contributed by atoms with van der Waals surface area (Å²) in [4.78, 5) is 4.51. The zero-order chi connectivity index (χ0) is 12.3. The van der Waals surface area contributed by atoms with Gasteiger partial charge in [-0.25, -0.2) is 4.98 Å². The lowest BCUT2D eigenvalue weighted by atomic mass is 10.1. The molecule has 1 heterocycles. The van der Waals surface area contributed by atoms with E-state index in [0.717, 1.165) is 42.7 Å². The van der Waals surface area contributed by atoms with Crippen LogP contribution in [0.3, 0.4) is 0 Å². The van der Waals surface area contributed by atoms with Crippen molar-refractivity contribution in [1.82, 2.24) is 4.98 Å². The van der Waals surface area contributed by atoms with E-state index in [0.29, 0.717) is 0 Å². The van der Waals surface area contributed by atoms with Crippen molar-refractivity contribution in [2.24, 2.45) is 5.73 Å². The van der Waals surface area contributed by atoms with Gasteiger partial charge in [0.2, 0.25) is 0 Å². The summed E-state index contributed by atoms with van der Waals surface area (Å²) in [5, 5.41) is 0. The van der Waals surface area contributed by atoms with Crippen LogP contribution in [0.1, 0.15) is 38.1 Å². The Balaban J connectivity index is 2.09. The molecule has 1 atom stereocenters. The molecule has 2 N–H and O–H groups in total. The highest BCUT2D eigenvalue weighted by atomic mass is 16.3. The van der Waals surface area contributed by atoms with Gasteiger partial charge in [0.05, 0.1) is 0 Å². The van der Waals surface area contributed by atoms with Gasteiger partial charge in [-0.05, 0) is 43.9 Å². The highest BCUT2D eigenvalue weighted by Gasteiger charge is 2.06. The molecule has 0 saturated heterocycles. The Hall–Kier alpha value is -1.35. The number of hydrogen-bond donors (Lipinski definition) is 1. The summed E-state index contributed by atoms with van der Waals surface area (Å²) in [7, 11) is 0. The zero-order valence-electron chi connectivity index (χ0n) is 10.6. The van der Waals surface area contributed by atoms with E-state index >= 15 is 0 Å². The second-order valence-corrected chi connectivity index (χ2v) is 4.63. The van der Waals surface area contributed by atoms with Crippen LogP contribution < -0.4 is 5.73 Å². The number of aromatic nitrogens is 1. The molecule has 0 fully saturated rings. The molecule has 0 bridgehead atoms. The van der Waals surface area contributed by atoms with Gasteiger partial charge in [-0.3, -0.25) is 0 Å². The number of hydrogen-bond acceptors (Lipinski definition) is 3. The van der Waals surface area contributed by atoms with Crippen molar-refractivity contribution in [2.75, 3.05) is 0 Å². The van der Waals surface area contributed by atoms with Crippen LogP contribution in [-0.4, -0.2) is 11.0 Å². The van der Waals surface area contributed by atoms with Crippen molar-refractivity contribution < 1.29 is 4.42 Å². The average molecular weight is 232 g/mol. The molecule has 0 aliphatic heterocycles. The molecule has 0 saturated carbocycles. The summed E-state index contributed by atoms with van der Waals surface area (Å²) in [6.07, 6.45) is 3.95. The van der Waals surface area contributed by atoms with Crippen molar-refractivity contribution in [2.45, 2.75) is 45.6 Å². The van der Waals surface area contributed by atoms with E-state index < -0.39 is 0 Å². The Labute approximate surface area is 102 Å². The fraction of sp³-hybridized carbons (Fsp3) is 0.500. The molecule has 1 aromatic heterocycles. The van der Waals surface area contributed by atoms with Gasteiger partial charge in [0.25, 0.3) is 0 Å². The molecule has 1 unspecified atom stereocenters. The van der Waals surface area contributed by atoms with E-state index in [4.69, 9.17) is 10.2 Å². The summed E-state index contributed by atoms with van der Waals surface area (Å²) >= 11 is 0. The van der Waals surface area contributed by atoms with Gasteiger partial charge in [0.1, 0.15) is 5.52 Å². The molecule has 0 radical (unpaired) electrons. The second-order valence-electron chi connectivity index (χ2n) is 4.63. The van der Waals surface area contributed by atoms with Crippen molar-refractivity contribution >= 4 is 11.1 Å². The van der Waals surface area contributed by atoms with Crippen molar-refractivity contribution in [3.05, 3.63) is 29.7 Å². The molecule has 0 amide bonds. The molecule has 17 heavy (non-hydrogen) atoms. The number of oxazole rings is 1. The minimum atomic E-state index is 0.256. The lowest BCUT2D eigenvalue weighted by Crippen LogP contribution is -2.14. The van der Waals surface area contributed by atoms with Gasteiger partial charge in [0, 0.05) is 12.5 Å². The summed E-state index contributed by atoms with van der Waals surface area (Å²) < 4.78 is 5.70. The van der Waals surface area contributed by atoms with Crippen molar-refractivity contribution in [3.63, 3.8) is 0 Å². The van der Waals surface area contributed by atoms with Crippen LogP contribution in [0, 0.1) is 0 Å². The quantitative estimate of drug-likeness (QED) is 0.862. The van der Waals surface area contributed by atoms with Gasteiger partial charge in [-0.1, -0.05) is 13.0 Å². The molecule has 3 heteroatoms. The first-order valence-electron chi connectivity index (χ1n) is 6.33. The lowest BCUT2D eigenvalue weighted by Gasteiger charge is -2.01. The van der Waals surface area contributed by atoms with Crippen LogP contribution in [0.25, 0.3) is 11.1 Å². The number of rotatable bonds is 5. The third kappa shape index (κ3) is 3.07. The van der Waals surface area contributed by atoms with Crippen LogP contribution in [0.5, 0.6) is 0 Å². The first-order valence-corrected chi connectivity index (χ1v) is 6.33. The maximum Gasteiger partial charge on any atom is 0.195 e. The monoisotopic (exact) mass is 232 g/mol. The summed E-state index contributed by atoms with van der Waals surface area (Å²) in [5.41, 5.74) is 8.88. The third-order valence-electron chi connectivity index (χ3n) is 2.95. The first-order chi connectivity index (χ1) is 8.19. The number of nitrogens with two attached hydrogens (primary N) is 1. The SMILES string of the molecule is CCc1ccc2oc(CCCC(C)N)nc2c1. The van der Waals surface area contributed by atoms with Gasteiger partial charge >= 0.3 is 0 Å². The molecule has 0 aliphatic rings. The molecular formula is C14H20N2O. The predicted molar refractivity (Wildman–Crippen MR) is 70.0 cm³/mol. The average Bonchev–Trinajstić information content (AvgIpc) is 2.69. The third-order valence-corrected chi connectivity index (χ3v) is 2.95. The molecule has 0 spiro atoms. The largest absolute Gasteiger partial charge is 0.441 e. The predicted octanol–water partition coefficient (Wildman–Crippen LogP) is 3.06. The topological polar surface area (TPSA) is 52.0 Å². The van der Waals surface area contributed by atoms with Crippen LogP contribution in [-0.2, 0) is 12.8 Å². The molecule has 0 aliphatic carbocycles. The minimum Gasteiger partial charge on any atom is -0.441 e. The molecular weight excluding hydrogens is 212 g/mol. The van der Waals surface area contributed by atoms with E-state index in [1.807, 2.05) is 13.0 Å². The molecule has 92 valence electrons. The Morgan fingerprint density at radius 2 is 2.24 bits per heavy atom. The summed E-state index contributed by atoms with van der Waals surface area (Å²) in [6, 6.07) is 6.47. The Bertz CT molecular complexity index is 488. The second kappa shape index (κ2) is 5.32. The van der Waals surface area contributed by atoms with Crippen LogP contribution >= 0.6 is 0 Å². The fourth-order valence-corrected chi connectivity index (χ4v) is 1.92. The van der Waals surface area contributed by atoms with Crippen molar-refractivity contribution in [1.29, 1.82) is 0 Å². The number of fused-ring (bicyclic) bond motifs is 1. The van der Waals surface area contributed by atoms with E-state index in [9.17, 15) is 0 Å². The molecule has 3 nitrogen and oxygen atoms in total. The Morgan fingerprint density at radius 1 is 1.41 bits per heavy atom. The number of nitrogens with zero attached hydrogens (tertiary/aromatic N) is 1. The van der Waals surface area contributed by atoms with E-state index in [1.54, 1.807) is 0 Å². The van der Waals surface area contributed by atoms with Crippen molar-refractivity contribution in [3.8, 4) is 0 Å². The molecule has 2 rings (SSSR count). The minimum absolute atomic E-state index is 0.256. The van der Waals surface area contributed by atoms with E-state index in [2.05, 4.69) is 24.0 Å². The van der Waals surface area contributed by atoms with Crippen LogP contribution in [0.4, 0.5) is 0 Å². The standard InChI is InChI=1S/C14H20N2O/c1-3-11-7-8-13-12(9-11)16-14(17-13)6-4-5-10(2)15/h7-10H,3-6,15H2,1-2H3. The maximum atomic E-state index is 5.72.